The Balaban J connectivity index is 0.000000372. The topological polar surface area (TPSA) is 386 Å². The highest BCUT2D eigenvalue weighted by molar-refractivity contribution is 6.57. The van der Waals surface area contributed by atoms with Crippen LogP contribution in [-0.2, 0) is 66.8 Å². The second-order valence-electron chi connectivity index (χ2n) is 18.1. The van der Waals surface area contributed by atoms with Gasteiger partial charge in [0, 0.05) is 0 Å². The zero-order chi connectivity index (χ0) is 64.0. The number of nitrogens with one attached hydrogen (secondary N) is 3. The first-order valence-electron chi connectivity index (χ1n) is 25.9. The lowest BCUT2D eigenvalue weighted by Crippen LogP contribution is -2.41. The highest BCUT2D eigenvalue weighted by atomic mass is 35.5. The Morgan fingerprint density at radius 2 is 0.919 bits per heavy atom. The molecular formula is C56H63B3Cl2N4O21. The molecule has 4 aromatic rings. The van der Waals surface area contributed by atoms with Gasteiger partial charge in [0.25, 0.3) is 0 Å². The normalized spacial score (nSPS) is 18.8. The van der Waals surface area contributed by atoms with E-state index in [0.717, 1.165) is 11.1 Å². The number of esters is 7. The molecule has 7 atom stereocenters. The first-order valence-corrected chi connectivity index (χ1v) is 27.0. The number of aliphatic hydroxyl groups is 3. The van der Waals surface area contributed by atoms with Crippen LogP contribution in [0.1, 0.15) is 71.6 Å². The van der Waals surface area contributed by atoms with Gasteiger partial charge in [0.1, 0.15) is 33.0 Å². The molecule has 4 aromatic carbocycles. The summed E-state index contributed by atoms with van der Waals surface area (Å²) in [6.07, 6.45) is -0.307. The molecule has 3 amide bonds. The van der Waals surface area contributed by atoms with Crippen molar-refractivity contribution in [1.82, 2.24) is 16.0 Å². The molecule has 9 N–H and O–H groups in total. The Bertz CT molecular complexity index is 2780. The molecule has 3 saturated heterocycles. The number of nitrogens with two attached hydrogens (primary N) is 1. The van der Waals surface area contributed by atoms with E-state index >= 15 is 0 Å². The molecule has 3 aliphatic heterocycles. The van der Waals surface area contributed by atoms with E-state index in [2.05, 4.69) is 28.5 Å². The van der Waals surface area contributed by atoms with Crippen LogP contribution in [0.25, 0.3) is 0 Å². The predicted molar refractivity (Wildman–Crippen MR) is 309 cm³/mol. The molecule has 25 nitrogen and oxygen atoms in total. The van der Waals surface area contributed by atoms with E-state index < -0.39 is 120 Å². The van der Waals surface area contributed by atoms with Gasteiger partial charge in [-0.2, -0.15) is 0 Å². The van der Waals surface area contributed by atoms with Crippen molar-refractivity contribution in [2.24, 2.45) is 5.73 Å². The fourth-order valence-electron chi connectivity index (χ4n) is 7.40. The van der Waals surface area contributed by atoms with Crippen molar-refractivity contribution in [2.75, 3.05) is 58.2 Å². The van der Waals surface area contributed by atoms with Crippen LogP contribution in [0.5, 0.6) is 0 Å². The summed E-state index contributed by atoms with van der Waals surface area (Å²) >= 11 is 9.53. The molecule has 0 aromatic heterocycles. The maximum Gasteiger partial charge on any atom is 0.321 e. The van der Waals surface area contributed by atoms with Gasteiger partial charge in [0.15, 0.2) is 17.4 Å². The van der Waals surface area contributed by atoms with Gasteiger partial charge in [0.2, 0.25) is 23.5 Å². The van der Waals surface area contributed by atoms with Crippen LogP contribution >= 0.6 is 23.2 Å². The van der Waals surface area contributed by atoms with E-state index in [-0.39, 0.29) is 77.3 Å². The zero-order valence-electron chi connectivity index (χ0n) is 46.2. The fourth-order valence-corrected chi connectivity index (χ4v) is 7.40. The molecule has 0 saturated carbocycles. The van der Waals surface area contributed by atoms with Crippen LogP contribution < -0.4 is 21.7 Å². The second kappa shape index (κ2) is 41.8. The van der Waals surface area contributed by atoms with Crippen LogP contribution in [0.2, 0.25) is 0 Å². The molecule has 3 aliphatic rings. The number of aliphatic hydroxyl groups excluding tert-OH is 3. The average Bonchev–Trinajstić information content (AvgIpc) is 4.14. The third-order valence-electron chi connectivity index (χ3n) is 11.6. The van der Waals surface area contributed by atoms with E-state index in [4.69, 9.17) is 83.6 Å². The van der Waals surface area contributed by atoms with Gasteiger partial charge in [0.05, 0.1) is 98.7 Å². The molecule has 3 fully saturated rings. The number of amides is 3. The van der Waals surface area contributed by atoms with Gasteiger partial charge < -0.3 is 70.5 Å². The highest BCUT2D eigenvalue weighted by Crippen LogP contribution is 2.28. The standard InChI is InChI=1S/C14H16BNO6.C14H14BNO5.C13H15NO4.C10H8O3.C4H8BNO3.CH2Cl2/c15-14(21)16-10(7-17)8-22-12(18)6-11(13(19)20)9-4-2-1-3-5-9;15-14(19)16-10-7-20-12(17)6-11(13(18)21-8-10)9-4-2-1-3-5-9;14-10-7-17-12(15)6-11(13(16)18-8-10)9-4-2-1-3-5-9;11-9-6-8(10(12)13-9)7-4-2-1-3-5-7;5-4(9)6-3(1-7)2-8;2-1-3/h1-5,10-11,17H,6-8H2,(H,16,21)(H,19,20);1-5,10-11H,6-8H2,(H,16,19);1-5,10-11H,6-8,14H2;1-5,8H,6H2;3,7-8H,1-2H2,(H,6,9);1H2. The Hall–Kier alpha value is -8.14. The van der Waals surface area contributed by atoms with Crippen LogP contribution in [0.15, 0.2) is 121 Å². The quantitative estimate of drug-likeness (QED) is 0.0277. The summed E-state index contributed by atoms with van der Waals surface area (Å²) in [6.45, 7) is -1.41. The van der Waals surface area contributed by atoms with Crippen molar-refractivity contribution in [1.29, 1.82) is 0 Å². The Labute approximate surface area is 508 Å². The van der Waals surface area contributed by atoms with Crippen molar-refractivity contribution >= 4 is 112 Å². The van der Waals surface area contributed by atoms with Gasteiger partial charge in [-0.05, 0) is 22.3 Å². The molecule has 456 valence electrons. The molecule has 7 rings (SSSR count). The smallest absolute Gasteiger partial charge is 0.321 e. The molecule has 0 aliphatic carbocycles. The number of benzene rings is 4. The summed E-state index contributed by atoms with van der Waals surface area (Å²) in [5.74, 6) is -9.82. The lowest BCUT2D eigenvalue weighted by Gasteiger charge is -2.17. The monoisotopic (exact) mass is 1230 g/mol. The number of carboxylic acid groups (broad SMARTS) is 1. The number of hydrogen-bond acceptors (Lipinski definition) is 21. The van der Waals surface area contributed by atoms with Crippen LogP contribution in [-0.4, -0.2) is 192 Å². The minimum Gasteiger partial charge on any atom is -0.481 e. The van der Waals surface area contributed by atoms with E-state index in [0.29, 0.717) is 11.1 Å². The molecule has 86 heavy (non-hydrogen) atoms. The van der Waals surface area contributed by atoms with Crippen LogP contribution in [0.3, 0.4) is 0 Å². The first-order chi connectivity index (χ1) is 41.0. The number of hydrogen-bond donors (Lipinski definition) is 8. The molecule has 6 radical (unpaired) electrons. The van der Waals surface area contributed by atoms with E-state index in [1.807, 2.05) is 54.6 Å². The average molecular weight is 1230 g/mol. The number of alkyl halides is 2. The van der Waals surface area contributed by atoms with Gasteiger partial charge >= 0.3 is 47.8 Å². The van der Waals surface area contributed by atoms with Crippen molar-refractivity contribution in [2.45, 2.75) is 73.5 Å². The number of cyclic esters (lactones) is 6. The number of carboxylic acids is 1. The van der Waals surface area contributed by atoms with Crippen LogP contribution in [0, 0.1) is 0 Å². The predicted octanol–water partition coefficient (Wildman–Crippen LogP) is 2.00. The van der Waals surface area contributed by atoms with Crippen molar-refractivity contribution < 1.29 is 102 Å². The largest absolute Gasteiger partial charge is 0.481 e. The van der Waals surface area contributed by atoms with E-state index in [9.17, 15) is 57.8 Å². The SMILES string of the molecule is ClCCl.NC1COC(=O)CC(c2ccccc2)C(=O)OC1.O=C1CC(c2ccccc2)C(=O)O1.[B]C(=O)NC(CO)CO.[B]C(=O)NC(CO)COC(=O)CC(C(=O)O)c1ccccc1.[B]C(=O)NC1COC(=O)CC(c2ccccc2)C(=O)OC1. The summed E-state index contributed by atoms with van der Waals surface area (Å²) in [6, 6.07) is 32.8. The number of ether oxygens (including phenoxy) is 6. The number of rotatable bonds is 15. The minimum absolute atomic E-state index is 0.0183. The van der Waals surface area contributed by atoms with Gasteiger partial charge in [-0.15, -0.1) is 23.2 Å². The summed E-state index contributed by atoms with van der Waals surface area (Å²) in [4.78, 5) is 124. The maximum absolute atomic E-state index is 12.1. The van der Waals surface area contributed by atoms with E-state index in [1.54, 1.807) is 66.7 Å². The molecule has 3 heterocycles. The summed E-state index contributed by atoms with van der Waals surface area (Å²) < 4.78 is 29.6. The summed E-state index contributed by atoms with van der Waals surface area (Å²) in [7, 11) is 14.6. The lowest BCUT2D eigenvalue weighted by molar-refractivity contribution is -0.153. The van der Waals surface area contributed by atoms with Gasteiger partial charge in [-0.1, -0.05) is 121 Å². The molecular weight excluding hydrogens is 1170 g/mol. The number of aliphatic carboxylic acids is 1. The van der Waals surface area contributed by atoms with Gasteiger partial charge in [-0.3, -0.25) is 52.7 Å². The summed E-state index contributed by atoms with van der Waals surface area (Å²) in [5.41, 5.74) is 8.39. The first kappa shape index (κ1) is 74.0. The van der Waals surface area contributed by atoms with Crippen molar-refractivity contribution in [3.05, 3.63) is 144 Å². The number of carbonyl (C=O) groups excluding carboxylic acids is 10. The van der Waals surface area contributed by atoms with Gasteiger partial charge in [-0.25, -0.2) is 0 Å². The van der Waals surface area contributed by atoms with E-state index in [1.165, 1.54) is 0 Å². The number of halogens is 2. The Kier molecular flexibility index (Phi) is 36.0. The maximum atomic E-state index is 12.1. The molecule has 30 heteroatoms. The fraction of sp³-hybridized carbons (Fsp3) is 0.375. The highest BCUT2D eigenvalue weighted by Gasteiger charge is 2.35. The van der Waals surface area contributed by atoms with Crippen LogP contribution in [0.4, 0.5) is 14.4 Å². The molecule has 7 unspecified atom stereocenters. The second-order valence-corrected chi connectivity index (χ2v) is 18.9. The molecule has 0 bridgehead atoms. The van der Waals surface area contributed by atoms with Crippen molar-refractivity contribution in [3.63, 3.8) is 0 Å². The summed E-state index contributed by atoms with van der Waals surface area (Å²) in [5, 5.41) is 41.7. The Morgan fingerprint density at radius 3 is 1.30 bits per heavy atom. The Morgan fingerprint density at radius 1 is 0.547 bits per heavy atom. The minimum atomic E-state index is -1.14. The molecule has 0 spiro atoms. The zero-order valence-corrected chi connectivity index (χ0v) is 47.7. The third-order valence-corrected chi connectivity index (χ3v) is 11.6. The lowest BCUT2D eigenvalue weighted by atomic mass is 9.96. The third kappa shape index (κ3) is 30.1. The van der Waals surface area contributed by atoms with Crippen molar-refractivity contribution in [3.8, 4) is 0 Å². The number of carbonyl (C=O) groups is 11.